The van der Waals surface area contributed by atoms with Crippen LogP contribution in [0.5, 0.6) is 0 Å². The van der Waals surface area contributed by atoms with E-state index in [0.29, 0.717) is 5.92 Å². The third-order valence-electron chi connectivity index (χ3n) is 4.48. The van der Waals surface area contributed by atoms with Crippen LogP contribution in [0.25, 0.3) is 0 Å². The molecule has 1 amide bonds. The highest BCUT2D eigenvalue weighted by Crippen LogP contribution is 2.28. The van der Waals surface area contributed by atoms with Gasteiger partial charge < -0.3 is 9.64 Å². The van der Waals surface area contributed by atoms with Crippen molar-refractivity contribution in [3.05, 3.63) is 35.4 Å². The van der Waals surface area contributed by atoms with Crippen LogP contribution < -0.4 is 5.32 Å². The first-order valence-electron chi connectivity index (χ1n) is 7.86. The summed E-state index contributed by atoms with van der Waals surface area (Å²) in [5, 5.41) is 3.41. The van der Waals surface area contributed by atoms with Crippen LogP contribution in [-0.4, -0.2) is 36.6 Å². The normalized spacial score (nSPS) is 29.9. The number of carbonyl (C=O) groups is 1. The molecule has 3 rings (SSSR count). The lowest BCUT2D eigenvalue weighted by atomic mass is 10.0. The minimum Gasteiger partial charge on any atom is -0.381 e. The molecular weight excluding hydrogens is 264 g/mol. The Morgan fingerprint density at radius 2 is 2.10 bits per heavy atom. The van der Waals surface area contributed by atoms with Crippen molar-refractivity contribution >= 4 is 5.91 Å². The van der Waals surface area contributed by atoms with Gasteiger partial charge in [-0.1, -0.05) is 29.8 Å². The molecule has 0 saturated carbocycles. The quantitative estimate of drug-likeness (QED) is 0.927. The molecule has 1 N–H and O–H groups in total. The van der Waals surface area contributed by atoms with Gasteiger partial charge >= 0.3 is 0 Å². The van der Waals surface area contributed by atoms with Crippen molar-refractivity contribution in [1.82, 2.24) is 10.2 Å². The molecule has 3 unspecified atom stereocenters. The fourth-order valence-corrected chi connectivity index (χ4v) is 3.22. The molecule has 2 aliphatic rings. The maximum atomic E-state index is 12.5. The van der Waals surface area contributed by atoms with Crippen LogP contribution in [-0.2, 0) is 9.53 Å². The molecule has 21 heavy (non-hydrogen) atoms. The van der Waals surface area contributed by atoms with Crippen molar-refractivity contribution in [2.45, 2.75) is 38.9 Å². The molecule has 3 atom stereocenters. The average molecular weight is 288 g/mol. The number of nitrogens with zero attached hydrogens (tertiary/aromatic N) is 1. The molecular formula is C17H24N2O2. The van der Waals surface area contributed by atoms with Gasteiger partial charge in [-0.25, -0.2) is 0 Å². The van der Waals surface area contributed by atoms with E-state index in [2.05, 4.69) is 36.5 Å². The summed E-state index contributed by atoms with van der Waals surface area (Å²) in [7, 11) is 0. The van der Waals surface area contributed by atoms with E-state index in [-0.39, 0.29) is 18.1 Å². The highest BCUT2D eigenvalue weighted by atomic mass is 16.5. The fourth-order valence-electron chi connectivity index (χ4n) is 3.22. The number of rotatable bonds is 3. The van der Waals surface area contributed by atoms with Crippen LogP contribution in [0, 0.1) is 12.8 Å². The Balaban J connectivity index is 1.77. The first-order chi connectivity index (χ1) is 10.1. The molecule has 2 saturated heterocycles. The molecule has 0 spiro atoms. The Morgan fingerprint density at radius 3 is 2.76 bits per heavy atom. The zero-order valence-electron chi connectivity index (χ0n) is 12.8. The second-order valence-electron chi connectivity index (χ2n) is 6.28. The average Bonchev–Trinajstić information content (AvgIpc) is 2.78. The molecule has 4 nitrogen and oxygen atoms in total. The van der Waals surface area contributed by atoms with Crippen LogP contribution in [0.1, 0.15) is 37.1 Å². The summed E-state index contributed by atoms with van der Waals surface area (Å²) in [6, 6.07) is 8.32. The lowest BCUT2D eigenvalue weighted by Gasteiger charge is -2.30. The van der Waals surface area contributed by atoms with E-state index in [1.165, 1.54) is 5.56 Å². The molecule has 1 aromatic carbocycles. The maximum Gasteiger partial charge on any atom is 0.241 e. The summed E-state index contributed by atoms with van der Waals surface area (Å²) in [6.45, 7) is 6.45. The largest absolute Gasteiger partial charge is 0.381 e. The smallest absolute Gasteiger partial charge is 0.241 e. The third-order valence-corrected chi connectivity index (χ3v) is 4.48. The van der Waals surface area contributed by atoms with Gasteiger partial charge in [-0.2, -0.15) is 0 Å². The molecule has 2 aliphatic heterocycles. The van der Waals surface area contributed by atoms with E-state index in [0.717, 1.165) is 38.2 Å². The number of nitrogens with one attached hydrogen (secondary N) is 1. The monoisotopic (exact) mass is 288 g/mol. The minimum atomic E-state index is -0.110. The number of ether oxygens (including phenoxy) is 1. The fraction of sp³-hybridized carbons (Fsp3) is 0.588. The van der Waals surface area contributed by atoms with E-state index >= 15 is 0 Å². The minimum absolute atomic E-state index is 0.00461. The number of amides is 1. The highest BCUT2D eigenvalue weighted by Gasteiger charge is 2.38. The van der Waals surface area contributed by atoms with Crippen LogP contribution in [0.3, 0.4) is 0 Å². The lowest BCUT2D eigenvalue weighted by Crippen LogP contribution is -2.37. The number of carbonyl (C=O) groups excluding carboxylic acids is 1. The van der Waals surface area contributed by atoms with Crippen molar-refractivity contribution in [2.75, 3.05) is 19.8 Å². The van der Waals surface area contributed by atoms with E-state index in [4.69, 9.17) is 4.74 Å². The van der Waals surface area contributed by atoms with Gasteiger partial charge in [0, 0.05) is 19.1 Å². The number of aryl methyl sites for hydroxylation is 1. The standard InChI is InChI=1S/C17H24N2O2/c1-12-5-7-15(8-6-12)16-18-13(2)17(20)19(16)10-14-4-3-9-21-11-14/h5-8,13-14,16,18H,3-4,9-11H2,1-2H3. The van der Waals surface area contributed by atoms with Gasteiger partial charge in [-0.05, 0) is 32.3 Å². The summed E-state index contributed by atoms with van der Waals surface area (Å²) >= 11 is 0. The van der Waals surface area contributed by atoms with Gasteiger partial charge in [0.1, 0.15) is 6.17 Å². The van der Waals surface area contributed by atoms with Crippen LogP contribution >= 0.6 is 0 Å². The van der Waals surface area contributed by atoms with Crippen molar-refractivity contribution < 1.29 is 9.53 Å². The van der Waals surface area contributed by atoms with Gasteiger partial charge in [0.15, 0.2) is 0 Å². The first kappa shape index (κ1) is 14.5. The maximum absolute atomic E-state index is 12.5. The predicted octanol–water partition coefficient (Wildman–Crippen LogP) is 2.24. The molecule has 0 aliphatic carbocycles. The lowest BCUT2D eigenvalue weighted by molar-refractivity contribution is -0.131. The molecule has 2 fully saturated rings. The van der Waals surface area contributed by atoms with E-state index < -0.39 is 0 Å². The summed E-state index contributed by atoms with van der Waals surface area (Å²) in [5.74, 6) is 0.661. The Morgan fingerprint density at radius 1 is 1.33 bits per heavy atom. The molecule has 0 bridgehead atoms. The first-order valence-corrected chi connectivity index (χ1v) is 7.86. The highest BCUT2D eigenvalue weighted by molar-refractivity contribution is 5.84. The molecule has 0 radical (unpaired) electrons. The van der Waals surface area contributed by atoms with E-state index in [1.807, 2.05) is 11.8 Å². The van der Waals surface area contributed by atoms with E-state index in [9.17, 15) is 4.79 Å². The Bertz CT molecular complexity index is 494. The molecule has 4 heteroatoms. The molecule has 2 heterocycles. The zero-order valence-corrected chi connectivity index (χ0v) is 12.8. The number of hydrogen-bond acceptors (Lipinski definition) is 3. The van der Waals surface area contributed by atoms with Crippen LogP contribution in [0.2, 0.25) is 0 Å². The van der Waals surface area contributed by atoms with Gasteiger partial charge in [-0.15, -0.1) is 0 Å². The molecule has 0 aromatic heterocycles. The van der Waals surface area contributed by atoms with Gasteiger partial charge in [0.25, 0.3) is 0 Å². The topological polar surface area (TPSA) is 41.6 Å². The predicted molar refractivity (Wildman–Crippen MR) is 81.8 cm³/mol. The number of benzene rings is 1. The van der Waals surface area contributed by atoms with Crippen molar-refractivity contribution in [3.63, 3.8) is 0 Å². The molecule has 1 aromatic rings. The van der Waals surface area contributed by atoms with Gasteiger partial charge in [0.05, 0.1) is 12.6 Å². The van der Waals surface area contributed by atoms with Gasteiger partial charge in [-0.3, -0.25) is 10.1 Å². The summed E-state index contributed by atoms with van der Waals surface area (Å²) in [5.41, 5.74) is 2.40. The van der Waals surface area contributed by atoms with Gasteiger partial charge in [0.2, 0.25) is 5.91 Å². The summed E-state index contributed by atoms with van der Waals surface area (Å²) in [4.78, 5) is 14.4. The molecule has 114 valence electrons. The summed E-state index contributed by atoms with van der Waals surface area (Å²) in [6.07, 6.45) is 2.25. The SMILES string of the molecule is Cc1ccc(C2NC(C)C(=O)N2CC2CCCOC2)cc1. The van der Waals surface area contributed by atoms with Crippen LogP contribution in [0.15, 0.2) is 24.3 Å². The Hall–Kier alpha value is -1.39. The summed E-state index contributed by atoms with van der Waals surface area (Å²) < 4.78 is 5.55. The number of hydrogen-bond donors (Lipinski definition) is 1. The Kier molecular flexibility index (Phi) is 4.27. The van der Waals surface area contributed by atoms with Crippen LogP contribution in [0.4, 0.5) is 0 Å². The van der Waals surface area contributed by atoms with Crippen molar-refractivity contribution in [3.8, 4) is 0 Å². The second-order valence-corrected chi connectivity index (χ2v) is 6.28. The third kappa shape index (κ3) is 3.11. The van der Waals surface area contributed by atoms with E-state index in [1.54, 1.807) is 0 Å². The van der Waals surface area contributed by atoms with Crippen molar-refractivity contribution in [2.24, 2.45) is 5.92 Å². The zero-order chi connectivity index (χ0) is 14.8. The second kappa shape index (κ2) is 6.16. The van der Waals surface area contributed by atoms with Crippen molar-refractivity contribution in [1.29, 1.82) is 0 Å². The Labute approximate surface area is 126 Å².